The summed E-state index contributed by atoms with van der Waals surface area (Å²) in [4.78, 5) is 14.3. The predicted octanol–water partition coefficient (Wildman–Crippen LogP) is 1.09. The number of hydrogen-bond acceptors (Lipinski definition) is 4. The molecular formula is C8H10N2OS. The van der Waals surface area contributed by atoms with E-state index in [-0.39, 0.29) is 11.9 Å². The van der Waals surface area contributed by atoms with E-state index in [2.05, 4.69) is 4.98 Å². The van der Waals surface area contributed by atoms with Crippen molar-refractivity contribution in [3.63, 3.8) is 0 Å². The van der Waals surface area contributed by atoms with Crippen molar-refractivity contribution in [1.82, 2.24) is 4.98 Å². The van der Waals surface area contributed by atoms with E-state index < -0.39 is 5.41 Å². The second-order valence-corrected chi connectivity index (χ2v) is 3.78. The molecule has 0 saturated heterocycles. The molecule has 1 aromatic rings. The highest BCUT2D eigenvalue weighted by molar-refractivity contribution is 7.09. The third-order valence-electron chi connectivity index (χ3n) is 1.71. The number of thiazole rings is 1. The van der Waals surface area contributed by atoms with Crippen LogP contribution in [0.25, 0.3) is 0 Å². The highest BCUT2D eigenvalue weighted by Crippen LogP contribution is 2.28. The second kappa shape index (κ2) is 3.09. The van der Waals surface area contributed by atoms with Gasteiger partial charge in [-0.2, -0.15) is 0 Å². The zero-order chi connectivity index (χ0) is 10.1. The van der Waals surface area contributed by atoms with Crippen LogP contribution in [0.4, 0.5) is 0 Å². The Hall–Kier alpha value is -1.12. The Kier molecular flexibility index (Phi) is 1.94. The molecule has 0 fully saturated rings. The first-order valence-corrected chi connectivity index (χ1v) is 4.30. The number of allylic oxidation sites excluding steroid dienone is 1. The van der Waals surface area contributed by atoms with Crippen LogP contribution >= 0.6 is 11.3 Å². The molecule has 0 radical (unpaired) electrons. The van der Waals surface area contributed by atoms with Gasteiger partial charge in [-0.05, 0) is 13.8 Å². The molecule has 2 N–H and O–H groups in total. The van der Waals surface area contributed by atoms with Crippen molar-refractivity contribution >= 4 is 17.3 Å². The van der Waals surface area contributed by atoms with E-state index >= 15 is 0 Å². The number of nitrogens with zero attached hydrogens (tertiary/aromatic N) is 1. The number of carbonyl (C=O) groups excluding carboxylic acids is 1. The van der Waals surface area contributed by atoms with Crippen molar-refractivity contribution in [3.8, 4) is 0 Å². The maximum Gasteiger partial charge on any atom is 0.146 e. The fraction of sp³-hybridized carbons (Fsp3) is 0.375. The largest absolute Gasteiger partial charge is 0.392 e. The molecule has 0 aliphatic heterocycles. The molecule has 3 nitrogen and oxygen atoms in total. The lowest BCUT2D eigenvalue weighted by Crippen LogP contribution is -2.26. The van der Waals surface area contributed by atoms with Crippen LogP contribution in [0.2, 0.25) is 0 Å². The van der Waals surface area contributed by atoms with E-state index in [0.29, 0.717) is 5.01 Å². The average molecular weight is 183 g/mol. The molecule has 64 valence electrons. The summed E-state index contributed by atoms with van der Waals surface area (Å²) < 4.78 is 7.24. The molecule has 0 aliphatic carbocycles. The molecule has 0 bridgehead atoms. The summed E-state index contributed by atoms with van der Waals surface area (Å²) in [5.41, 5.74) is 4.98. The number of nitrogens with two attached hydrogens (primary N) is 1. The molecule has 0 unspecified atom stereocenters. The van der Waals surface area contributed by atoms with Gasteiger partial charge in [-0.1, -0.05) is 0 Å². The van der Waals surface area contributed by atoms with Crippen molar-refractivity contribution in [1.29, 1.82) is 0 Å². The van der Waals surface area contributed by atoms with E-state index in [1.807, 2.05) is 0 Å². The standard InChI is InChI=1S/C8H10N2OS/c1-8(2,6(9)5-11)7-10-3-4-12-7/h3-4H,9H2,1-2H3/i3D. The van der Waals surface area contributed by atoms with Gasteiger partial charge >= 0.3 is 0 Å². The van der Waals surface area contributed by atoms with Crippen LogP contribution < -0.4 is 5.73 Å². The quantitative estimate of drug-likeness (QED) is 0.698. The Morgan fingerprint density at radius 2 is 2.58 bits per heavy atom. The van der Waals surface area contributed by atoms with Crippen LogP contribution in [0.5, 0.6) is 0 Å². The summed E-state index contributed by atoms with van der Waals surface area (Å²) in [6.07, 6.45) is 0.201. The highest BCUT2D eigenvalue weighted by Gasteiger charge is 2.27. The maximum atomic E-state index is 10.4. The van der Waals surface area contributed by atoms with Gasteiger partial charge in [0.2, 0.25) is 0 Å². The van der Waals surface area contributed by atoms with Crippen molar-refractivity contribution in [2.45, 2.75) is 19.3 Å². The Balaban J connectivity index is 3.14. The molecule has 0 spiro atoms. The lowest BCUT2D eigenvalue weighted by Gasteiger charge is -2.19. The van der Waals surface area contributed by atoms with Gasteiger partial charge in [0.25, 0.3) is 0 Å². The topological polar surface area (TPSA) is 56.0 Å². The molecule has 4 heteroatoms. The second-order valence-electron chi connectivity index (χ2n) is 2.92. The van der Waals surface area contributed by atoms with Crippen LogP contribution in [-0.4, -0.2) is 10.9 Å². The minimum absolute atomic E-state index is 0.113. The van der Waals surface area contributed by atoms with Gasteiger partial charge in [-0.15, -0.1) is 11.3 Å². The Labute approximate surface area is 76.3 Å². The summed E-state index contributed by atoms with van der Waals surface area (Å²) in [6.45, 7) is 3.57. The maximum absolute atomic E-state index is 10.4. The third-order valence-corrected chi connectivity index (χ3v) is 2.76. The van der Waals surface area contributed by atoms with Crippen molar-refractivity contribution < 1.29 is 6.17 Å². The smallest absolute Gasteiger partial charge is 0.146 e. The molecule has 12 heavy (non-hydrogen) atoms. The predicted molar refractivity (Wildman–Crippen MR) is 48.5 cm³/mol. The first kappa shape index (κ1) is 7.53. The van der Waals surface area contributed by atoms with Gasteiger partial charge < -0.3 is 5.73 Å². The number of hydrogen-bond donors (Lipinski definition) is 1. The molecule has 0 atom stereocenters. The van der Waals surface area contributed by atoms with E-state index in [1.54, 1.807) is 25.2 Å². The van der Waals surface area contributed by atoms with E-state index in [9.17, 15) is 4.79 Å². The van der Waals surface area contributed by atoms with Gasteiger partial charge in [-0.3, -0.25) is 0 Å². The molecule has 1 aromatic heterocycles. The fourth-order valence-corrected chi connectivity index (χ4v) is 1.45. The normalized spacial score (nSPS) is 12.0. The van der Waals surface area contributed by atoms with Gasteiger partial charge in [0, 0.05) is 11.6 Å². The van der Waals surface area contributed by atoms with Gasteiger partial charge in [0.15, 0.2) is 0 Å². The summed E-state index contributed by atoms with van der Waals surface area (Å²) in [6, 6.07) is 0. The van der Waals surface area contributed by atoms with Crippen molar-refractivity contribution in [3.05, 3.63) is 22.3 Å². The fourth-order valence-electron chi connectivity index (χ4n) is 0.723. The molecule has 0 aliphatic rings. The van der Waals surface area contributed by atoms with Crippen LogP contribution in [0.15, 0.2) is 17.2 Å². The lowest BCUT2D eigenvalue weighted by atomic mass is 9.91. The van der Waals surface area contributed by atoms with Gasteiger partial charge in [0.1, 0.15) is 16.6 Å². The van der Waals surface area contributed by atoms with Crippen LogP contribution in [0.3, 0.4) is 0 Å². The summed E-state index contributed by atoms with van der Waals surface area (Å²) >= 11 is 1.32. The summed E-state index contributed by atoms with van der Waals surface area (Å²) in [7, 11) is 0. The molecule has 1 rings (SSSR count). The van der Waals surface area contributed by atoms with Gasteiger partial charge in [0.05, 0.1) is 6.79 Å². The highest BCUT2D eigenvalue weighted by atomic mass is 32.1. The Morgan fingerprint density at radius 3 is 3.00 bits per heavy atom. The zero-order valence-corrected chi connectivity index (χ0v) is 7.73. The molecular weight excluding hydrogens is 172 g/mol. The first-order valence-electron chi connectivity index (χ1n) is 3.92. The minimum atomic E-state index is -0.619. The molecule has 1 heterocycles. The number of rotatable bonds is 2. The number of aromatic nitrogens is 1. The molecule has 0 saturated carbocycles. The third kappa shape index (κ3) is 1.40. The Bertz CT molecular complexity index is 366. The first-order chi connectivity index (χ1) is 5.98. The van der Waals surface area contributed by atoms with Crippen LogP contribution in [-0.2, 0) is 10.2 Å². The van der Waals surface area contributed by atoms with Crippen LogP contribution in [0, 0.1) is 0 Å². The van der Waals surface area contributed by atoms with Gasteiger partial charge in [-0.25, -0.2) is 9.78 Å². The Morgan fingerprint density at radius 1 is 1.92 bits per heavy atom. The van der Waals surface area contributed by atoms with E-state index in [1.165, 1.54) is 11.3 Å². The van der Waals surface area contributed by atoms with Crippen LogP contribution in [0.1, 0.15) is 20.2 Å². The summed E-state index contributed by atoms with van der Waals surface area (Å²) in [5, 5.41) is 2.27. The van der Waals surface area contributed by atoms with Crippen molar-refractivity contribution in [2.75, 3.05) is 0 Å². The lowest BCUT2D eigenvalue weighted by molar-refractivity contribution is 0.552. The van der Waals surface area contributed by atoms with Crippen molar-refractivity contribution in [2.24, 2.45) is 5.73 Å². The van der Waals surface area contributed by atoms with E-state index in [0.717, 1.165) is 0 Å². The average Bonchev–Trinajstić information content (AvgIpc) is 2.50. The SMILES string of the molecule is [2H]c1csc(C(C)(C)C(N)=C=O)n1. The van der Waals surface area contributed by atoms with E-state index in [4.69, 9.17) is 7.10 Å². The summed E-state index contributed by atoms with van der Waals surface area (Å²) in [5.74, 6) is 1.66. The monoisotopic (exact) mass is 183 g/mol. The molecule has 0 aromatic carbocycles. The zero-order valence-electron chi connectivity index (χ0n) is 7.92. The molecule has 0 amide bonds. The minimum Gasteiger partial charge on any atom is -0.392 e.